The fourth-order valence-corrected chi connectivity index (χ4v) is 4.30. The normalized spacial score (nSPS) is 24.6. The van der Waals surface area contributed by atoms with E-state index in [0.717, 1.165) is 19.3 Å². The Labute approximate surface area is 162 Å². The molecule has 0 radical (unpaired) electrons. The second-order valence-corrected chi connectivity index (χ2v) is 9.59. The zero-order valence-electron chi connectivity index (χ0n) is 17.3. The zero-order valence-corrected chi connectivity index (χ0v) is 17.3. The first kappa shape index (κ1) is 23.1. The van der Waals surface area contributed by atoms with Crippen LogP contribution in [0.1, 0.15) is 46.5 Å². The molecule has 1 fully saturated rings. The summed E-state index contributed by atoms with van der Waals surface area (Å²) >= 11 is 0. The summed E-state index contributed by atoms with van der Waals surface area (Å²) in [6, 6.07) is -0.188. The standard InChI is InChI=1S/C19H34N4O4/c1-18(2)10-15(11-19(3,12-18)13-20-14-24)22-17(27)21-7-9-23(4,5)8-6-16(25)26/h15H,6-13H2,1-5H3,(H2-,21,22,25,26,27)/p+1. The topological polar surface area (TPSA) is 108 Å². The molecule has 8 heteroatoms. The fourth-order valence-electron chi connectivity index (χ4n) is 4.30. The minimum Gasteiger partial charge on any atom is -0.481 e. The molecule has 1 saturated carbocycles. The molecule has 0 aromatic rings. The summed E-state index contributed by atoms with van der Waals surface area (Å²) in [5.74, 6) is -0.811. The molecule has 2 amide bonds. The van der Waals surface area contributed by atoms with Gasteiger partial charge in [-0.15, -0.1) is 0 Å². The predicted octanol–water partition coefficient (Wildman–Crippen LogP) is 1.76. The highest BCUT2D eigenvalue weighted by Crippen LogP contribution is 2.46. The number of nitrogens with one attached hydrogen (secondary N) is 2. The molecule has 0 spiro atoms. The second-order valence-electron chi connectivity index (χ2n) is 9.59. The van der Waals surface area contributed by atoms with E-state index in [4.69, 9.17) is 5.11 Å². The Morgan fingerprint density at radius 2 is 1.89 bits per heavy atom. The van der Waals surface area contributed by atoms with Crippen LogP contribution in [0.5, 0.6) is 0 Å². The van der Waals surface area contributed by atoms with Crippen LogP contribution in [0.4, 0.5) is 4.79 Å². The highest BCUT2D eigenvalue weighted by atomic mass is 16.4. The number of carbonyl (C=O) groups is 2. The van der Waals surface area contributed by atoms with Crippen LogP contribution in [0.25, 0.3) is 0 Å². The number of isocyanates is 1. The van der Waals surface area contributed by atoms with Gasteiger partial charge < -0.3 is 20.2 Å². The van der Waals surface area contributed by atoms with Crippen molar-refractivity contribution in [3.05, 3.63) is 0 Å². The Kier molecular flexibility index (Phi) is 7.99. The van der Waals surface area contributed by atoms with Crippen molar-refractivity contribution in [2.24, 2.45) is 15.8 Å². The molecule has 0 heterocycles. The van der Waals surface area contributed by atoms with E-state index in [9.17, 15) is 14.4 Å². The van der Waals surface area contributed by atoms with Crippen molar-refractivity contribution in [3.63, 3.8) is 0 Å². The zero-order chi connectivity index (χ0) is 20.7. The van der Waals surface area contributed by atoms with Crippen molar-refractivity contribution in [2.45, 2.75) is 52.5 Å². The lowest BCUT2D eigenvalue weighted by molar-refractivity contribution is -0.888. The number of nitrogens with zero attached hydrogens (tertiary/aromatic N) is 2. The van der Waals surface area contributed by atoms with Crippen molar-refractivity contribution < 1.29 is 24.0 Å². The van der Waals surface area contributed by atoms with Gasteiger partial charge in [0.1, 0.15) is 0 Å². The van der Waals surface area contributed by atoms with Crippen molar-refractivity contribution in [3.8, 4) is 0 Å². The number of quaternary nitrogens is 1. The molecule has 154 valence electrons. The Hall–Kier alpha value is -1.92. The summed E-state index contributed by atoms with van der Waals surface area (Å²) < 4.78 is 0.533. The van der Waals surface area contributed by atoms with Crippen LogP contribution in [-0.4, -0.2) is 74.0 Å². The molecule has 27 heavy (non-hydrogen) atoms. The van der Waals surface area contributed by atoms with Gasteiger partial charge in [-0.05, 0) is 30.1 Å². The van der Waals surface area contributed by atoms with E-state index < -0.39 is 5.97 Å². The fraction of sp³-hybridized carbons (Fsp3) is 0.842. The number of hydrogen-bond donors (Lipinski definition) is 3. The van der Waals surface area contributed by atoms with Crippen LogP contribution in [0.2, 0.25) is 0 Å². The third-order valence-electron chi connectivity index (χ3n) is 5.24. The third-order valence-corrected chi connectivity index (χ3v) is 5.24. The van der Waals surface area contributed by atoms with Gasteiger partial charge in [0.2, 0.25) is 6.08 Å². The third kappa shape index (κ3) is 9.02. The average molecular weight is 384 g/mol. The monoisotopic (exact) mass is 383 g/mol. The van der Waals surface area contributed by atoms with E-state index in [1.54, 1.807) is 6.08 Å². The number of carbonyl (C=O) groups excluding carboxylic acids is 2. The number of aliphatic imine (C=N–C) groups is 1. The van der Waals surface area contributed by atoms with Gasteiger partial charge in [0.15, 0.2) is 0 Å². The van der Waals surface area contributed by atoms with Gasteiger partial charge in [0, 0.05) is 6.04 Å². The molecule has 1 rings (SSSR count). The number of rotatable bonds is 9. The Balaban J connectivity index is 2.50. The minimum absolute atomic E-state index is 0.0233. The number of carboxylic acids is 1. The molecule has 0 saturated heterocycles. The lowest BCUT2D eigenvalue weighted by atomic mass is 9.62. The summed E-state index contributed by atoms with van der Waals surface area (Å²) in [5.41, 5.74) is -0.0775. The number of urea groups is 1. The molecular weight excluding hydrogens is 348 g/mol. The maximum Gasteiger partial charge on any atom is 0.315 e. The van der Waals surface area contributed by atoms with E-state index in [2.05, 4.69) is 36.4 Å². The van der Waals surface area contributed by atoms with Crippen LogP contribution in [-0.2, 0) is 9.59 Å². The predicted molar refractivity (Wildman–Crippen MR) is 103 cm³/mol. The van der Waals surface area contributed by atoms with Crippen molar-refractivity contribution in [2.75, 3.05) is 40.3 Å². The van der Waals surface area contributed by atoms with Gasteiger partial charge >= 0.3 is 12.0 Å². The van der Waals surface area contributed by atoms with Crippen LogP contribution in [0.3, 0.4) is 0 Å². The van der Waals surface area contributed by atoms with E-state index >= 15 is 0 Å². The number of hydrogen-bond acceptors (Lipinski definition) is 4. The highest BCUT2D eigenvalue weighted by Gasteiger charge is 2.41. The highest BCUT2D eigenvalue weighted by molar-refractivity contribution is 5.74. The van der Waals surface area contributed by atoms with Crippen LogP contribution < -0.4 is 10.6 Å². The molecule has 2 unspecified atom stereocenters. The van der Waals surface area contributed by atoms with Crippen LogP contribution in [0, 0.1) is 10.8 Å². The number of aliphatic carboxylic acids is 1. The quantitative estimate of drug-likeness (QED) is 0.320. The molecule has 0 aromatic heterocycles. The van der Waals surface area contributed by atoms with Gasteiger partial charge in [-0.1, -0.05) is 20.8 Å². The summed E-state index contributed by atoms with van der Waals surface area (Å²) in [6.07, 6.45) is 4.32. The number of carboxylic acid groups (broad SMARTS) is 1. The minimum atomic E-state index is -0.811. The van der Waals surface area contributed by atoms with E-state index in [0.29, 0.717) is 30.7 Å². The number of likely N-dealkylation sites (N-methyl/N-ethyl adjacent to an activating group) is 1. The largest absolute Gasteiger partial charge is 0.481 e. The first-order valence-electron chi connectivity index (χ1n) is 9.48. The molecule has 0 aromatic carbocycles. The van der Waals surface area contributed by atoms with Crippen molar-refractivity contribution in [1.29, 1.82) is 0 Å². The SMILES string of the molecule is CC1(C)CC(NC(=O)NCC[N+](C)(C)CCC(=O)O)CC(C)(CN=C=O)C1. The second kappa shape index (κ2) is 9.33. The van der Waals surface area contributed by atoms with Gasteiger partial charge in [-0.2, -0.15) is 0 Å². The maximum atomic E-state index is 12.3. The Morgan fingerprint density at radius 1 is 1.22 bits per heavy atom. The van der Waals surface area contributed by atoms with Crippen molar-refractivity contribution in [1.82, 2.24) is 10.6 Å². The van der Waals surface area contributed by atoms with Gasteiger partial charge in [-0.25, -0.2) is 14.6 Å². The van der Waals surface area contributed by atoms with Gasteiger partial charge in [0.05, 0.1) is 46.7 Å². The molecular formula is C19H35N4O4+. The summed E-state index contributed by atoms with van der Waals surface area (Å²) in [6.45, 7) is 8.52. The summed E-state index contributed by atoms with van der Waals surface area (Å²) in [5, 5.41) is 14.7. The molecule has 1 aliphatic rings. The summed E-state index contributed by atoms with van der Waals surface area (Å²) in [4.78, 5) is 37.3. The molecule has 3 N–H and O–H groups in total. The smallest absolute Gasteiger partial charge is 0.315 e. The Bertz CT molecular complexity index is 584. The maximum absolute atomic E-state index is 12.3. The van der Waals surface area contributed by atoms with E-state index in [1.807, 2.05) is 14.1 Å². The number of amides is 2. The molecule has 2 atom stereocenters. The molecule has 1 aliphatic carbocycles. The van der Waals surface area contributed by atoms with Gasteiger partial charge in [-0.3, -0.25) is 4.79 Å². The lowest BCUT2D eigenvalue weighted by Crippen LogP contribution is -2.52. The first-order chi connectivity index (χ1) is 12.4. The lowest BCUT2D eigenvalue weighted by Gasteiger charge is -2.46. The summed E-state index contributed by atoms with van der Waals surface area (Å²) in [7, 11) is 3.90. The van der Waals surface area contributed by atoms with Crippen molar-refractivity contribution >= 4 is 18.1 Å². The van der Waals surface area contributed by atoms with Crippen LogP contribution >= 0.6 is 0 Å². The first-order valence-corrected chi connectivity index (χ1v) is 9.48. The Morgan fingerprint density at radius 3 is 2.48 bits per heavy atom. The average Bonchev–Trinajstić information content (AvgIpc) is 2.49. The van der Waals surface area contributed by atoms with Crippen LogP contribution in [0.15, 0.2) is 4.99 Å². The van der Waals surface area contributed by atoms with E-state index in [-0.39, 0.29) is 29.3 Å². The molecule has 8 nitrogen and oxygen atoms in total. The van der Waals surface area contributed by atoms with Gasteiger partial charge in [0.25, 0.3) is 0 Å². The van der Waals surface area contributed by atoms with E-state index in [1.165, 1.54) is 0 Å². The molecule has 0 bridgehead atoms. The molecule has 0 aliphatic heterocycles.